The Bertz CT molecular complexity index is 646. The summed E-state index contributed by atoms with van der Waals surface area (Å²) in [6.45, 7) is 1.98. The summed E-state index contributed by atoms with van der Waals surface area (Å²) in [6.07, 6.45) is 2.14. The van der Waals surface area contributed by atoms with Crippen LogP contribution in [-0.2, 0) is 24.3 Å². The molecule has 2 heterocycles. The predicted molar refractivity (Wildman–Crippen MR) is 72.8 cm³/mol. The van der Waals surface area contributed by atoms with Crippen molar-refractivity contribution in [1.29, 1.82) is 0 Å². The van der Waals surface area contributed by atoms with Gasteiger partial charge in [-0.2, -0.15) is 0 Å². The van der Waals surface area contributed by atoms with Crippen molar-refractivity contribution in [2.45, 2.75) is 26.4 Å². The summed E-state index contributed by atoms with van der Waals surface area (Å²) in [5.41, 5.74) is 5.97. The first-order valence-corrected chi connectivity index (χ1v) is 6.25. The van der Waals surface area contributed by atoms with Crippen LogP contribution in [0.5, 0.6) is 0 Å². The Morgan fingerprint density at radius 3 is 2.95 bits per heavy atom. The number of nitrogens with zero attached hydrogens (tertiary/aromatic N) is 2. The number of carbonyl (C=O) groups is 1. The van der Waals surface area contributed by atoms with E-state index in [1.807, 2.05) is 6.92 Å². The number of amides is 1. The van der Waals surface area contributed by atoms with E-state index in [4.69, 9.17) is 10.2 Å². The molecule has 0 aliphatic heterocycles. The molecule has 0 radical (unpaired) electrons. The van der Waals surface area contributed by atoms with Crippen LogP contribution in [0.4, 0.5) is 5.95 Å². The summed E-state index contributed by atoms with van der Waals surface area (Å²) < 4.78 is 6.23. The number of nitrogen functional groups attached to an aromatic ring is 1. The number of nitrogens with two attached hydrogens (primary N) is 1. The Kier molecular flexibility index (Phi) is 4.19. The monoisotopic (exact) mass is 276 g/mol. The maximum absolute atomic E-state index is 11.8. The number of anilines is 1. The van der Waals surface area contributed by atoms with Gasteiger partial charge in [0, 0.05) is 11.8 Å². The van der Waals surface area contributed by atoms with Gasteiger partial charge in [0.2, 0.25) is 11.9 Å². The van der Waals surface area contributed by atoms with Gasteiger partial charge in [0.1, 0.15) is 12.3 Å². The molecule has 2 aromatic rings. The van der Waals surface area contributed by atoms with Crippen LogP contribution in [-0.4, -0.2) is 15.5 Å². The predicted octanol–water partition coefficient (Wildman–Crippen LogP) is 0.297. The topological polar surface area (TPSA) is 103 Å². The average molecular weight is 276 g/mol. The molecule has 106 valence electrons. The lowest BCUT2D eigenvalue weighted by molar-refractivity contribution is -0.121. The summed E-state index contributed by atoms with van der Waals surface area (Å²) >= 11 is 0. The van der Waals surface area contributed by atoms with Crippen molar-refractivity contribution >= 4 is 11.9 Å². The number of rotatable bonds is 5. The lowest BCUT2D eigenvalue weighted by atomic mass is 10.3. The van der Waals surface area contributed by atoms with Crippen LogP contribution >= 0.6 is 0 Å². The molecule has 0 aliphatic rings. The average Bonchev–Trinajstić information content (AvgIpc) is 2.93. The van der Waals surface area contributed by atoms with Crippen LogP contribution in [0.15, 0.2) is 33.7 Å². The van der Waals surface area contributed by atoms with E-state index in [9.17, 15) is 9.59 Å². The Labute approximate surface area is 115 Å². The first kappa shape index (κ1) is 13.9. The zero-order chi connectivity index (χ0) is 14.5. The fourth-order valence-corrected chi connectivity index (χ4v) is 1.71. The Hall–Kier alpha value is -2.57. The van der Waals surface area contributed by atoms with Crippen molar-refractivity contribution in [2.75, 3.05) is 5.73 Å². The zero-order valence-electron chi connectivity index (χ0n) is 11.1. The van der Waals surface area contributed by atoms with Crippen molar-refractivity contribution in [3.8, 4) is 0 Å². The van der Waals surface area contributed by atoms with Crippen LogP contribution < -0.4 is 16.6 Å². The summed E-state index contributed by atoms with van der Waals surface area (Å²) in [5.74, 6) is 0.349. The summed E-state index contributed by atoms with van der Waals surface area (Å²) in [7, 11) is 0. The number of carbonyl (C=O) groups excluding carboxylic acids is 1. The molecule has 0 fully saturated rings. The molecule has 20 heavy (non-hydrogen) atoms. The van der Waals surface area contributed by atoms with Crippen LogP contribution in [0.2, 0.25) is 0 Å². The van der Waals surface area contributed by atoms with E-state index >= 15 is 0 Å². The minimum atomic E-state index is -0.332. The molecule has 0 saturated heterocycles. The molecular formula is C13H16N4O3. The Morgan fingerprint density at radius 1 is 1.55 bits per heavy atom. The van der Waals surface area contributed by atoms with Gasteiger partial charge < -0.3 is 15.5 Å². The molecule has 7 nitrogen and oxygen atoms in total. The van der Waals surface area contributed by atoms with Gasteiger partial charge >= 0.3 is 0 Å². The zero-order valence-corrected chi connectivity index (χ0v) is 11.1. The highest BCUT2D eigenvalue weighted by molar-refractivity contribution is 5.75. The van der Waals surface area contributed by atoms with E-state index in [2.05, 4.69) is 10.3 Å². The molecule has 0 aliphatic carbocycles. The molecule has 0 spiro atoms. The SMILES string of the molecule is CCc1cc(=O)n(CC(=O)NCc2ccco2)c(N)n1. The smallest absolute Gasteiger partial charge is 0.255 e. The van der Waals surface area contributed by atoms with Gasteiger partial charge in [-0.3, -0.25) is 14.2 Å². The van der Waals surface area contributed by atoms with Gasteiger partial charge in [-0.05, 0) is 18.6 Å². The van der Waals surface area contributed by atoms with Crippen LogP contribution in [0.1, 0.15) is 18.4 Å². The van der Waals surface area contributed by atoms with Gasteiger partial charge in [0.15, 0.2) is 0 Å². The maximum Gasteiger partial charge on any atom is 0.255 e. The molecule has 1 amide bonds. The number of aromatic nitrogens is 2. The number of furan rings is 1. The fraction of sp³-hybridized carbons (Fsp3) is 0.308. The highest BCUT2D eigenvalue weighted by Gasteiger charge is 2.10. The van der Waals surface area contributed by atoms with Crippen LogP contribution in [0.25, 0.3) is 0 Å². The number of aryl methyl sites for hydroxylation is 1. The second-order valence-corrected chi connectivity index (χ2v) is 4.24. The summed E-state index contributed by atoms with van der Waals surface area (Å²) in [6, 6.07) is 4.87. The Balaban J connectivity index is 2.02. The van der Waals surface area contributed by atoms with Crippen molar-refractivity contribution in [3.05, 3.63) is 46.3 Å². The van der Waals surface area contributed by atoms with Crippen molar-refractivity contribution < 1.29 is 9.21 Å². The van der Waals surface area contributed by atoms with Gasteiger partial charge in [0.05, 0.1) is 12.8 Å². The van der Waals surface area contributed by atoms with E-state index in [-0.39, 0.29) is 30.5 Å². The molecule has 0 atom stereocenters. The highest BCUT2D eigenvalue weighted by Crippen LogP contribution is 2.00. The number of nitrogens with one attached hydrogen (secondary N) is 1. The lowest BCUT2D eigenvalue weighted by Crippen LogP contribution is -2.33. The van der Waals surface area contributed by atoms with Crippen molar-refractivity contribution in [1.82, 2.24) is 14.9 Å². The highest BCUT2D eigenvalue weighted by atomic mass is 16.3. The van der Waals surface area contributed by atoms with E-state index < -0.39 is 0 Å². The van der Waals surface area contributed by atoms with E-state index in [0.29, 0.717) is 17.9 Å². The summed E-state index contributed by atoms with van der Waals surface area (Å²) in [5, 5.41) is 2.64. The molecule has 0 bridgehead atoms. The normalized spacial score (nSPS) is 10.4. The van der Waals surface area contributed by atoms with Crippen LogP contribution in [0, 0.1) is 0 Å². The minimum absolute atomic E-state index is 0.0440. The first-order chi connectivity index (χ1) is 9.60. The number of hydrogen-bond donors (Lipinski definition) is 2. The first-order valence-electron chi connectivity index (χ1n) is 6.25. The molecular weight excluding hydrogens is 260 g/mol. The van der Waals surface area contributed by atoms with E-state index in [1.165, 1.54) is 12.3 Å². The third-order valence-electron chi connectivity index (χ3n) is 2.79. The summed E-state index contributed by atoms with van der Waals surface area (Å²) in [4.78, 5) is 27.7. The second kappa shape index (κ2) is 6.05. The lowest BCUT2D eigenvalue weighted by Gasteiger charge is -2.09. The van der Waals surface area contributed by atoms with E-state index in [1.54, 1.807) is 12.1 Å². The quantitative estimate of drug-likeness (QED) is 0.817. The molecule has 3 N–H and O–H groups in total. The molecule has 2 rings (SSSR count). The largest absolute Gasteiger partial charge is 0.467 e. The second-order valence-electron chi connectivity index (χ2n) is 4.24. The maximum atomic E-state index is 11.8. The molecule has 2 aromatic heterocycles. The van der Waals surface area contributed by atoms with Crippen molar-refractivity contribution in [2.24, 2.45) is 0 Å². The van der Waals surface area contributed by atoms with Gasteiger partial charge in [0.25, 0.3) is 5.56 Å². The third-order valence-corrected chi connectivity index (χ3v) is 2.79. The molecule has 0 saturated carbocycles. The van der Waals surface area contributed by atoms with Gasteiger partial charge in [-0.25, -0.2) is 4.98 Å². The van der Waals surface area contributed by atoms with Crippen molar-refractivity contribution in [3.63, 3.8) is 0 Å². The molecule has 7 heteroatoms. The van der Waals surface area contributed by atoms with E-state index in [0.717, 1.165) is 4.57 Å². The fourth-order valence-electron chi connectivity index (χ4n) is 1.71. The van der Waals surface area contributed by atoms with Crippen LogP contribution in [0.3, 0.4) is 0 Å². The van der Waals surface area contributed by atoms with Gasteiger partial charge in [-0.1, -0.05) is 6.92 Å². The molecule has 0 aromatic carbocycles. The molecule has 0 unspecified atom stereocenters. The third kappa shape index (κ3) is 3.25. The minimum Gasteiger partial charge on any atom is -0.467 e. The Morgan fingerprint density at radius 2 is 2.35 bits per heavy atom. The number of hydrogen-bond acceptors (Lipinski definition) is 5. The van der Waals surface area contributed by atoms with Gasteiger partial charge in [-0.15, -0.1) is 0 Å². The standard InChI is InChI=1S/C13H16N4O3/c1-2-9-6-12(19)17(13(14)16-9)8-11(18)15-7-10-4-3-5-20-10/h3-6H,2,7-8H2,1H3,(H2,14,16)(H,15,18).